The highest BCUT2D eigenvalue weighted by Crippen LogP contribution is 2.31. The van der Waals surface area contributed by atoms with E-state index in [0.29, 0.717) is 28.1 Å². The number of benzene rings is 4. The van der Waals surface area contributed by atoms with Gasteiger partial charge in [0.15, 0.2) is 5.78 Å². The van der Waals surface area contributed by atoms with Gasteiger partial charge >= 0.3 is 12.2 Å². The van der Waals surface area contributed by atoms with Crippen LogP contribution in [-0.2, 0) is 11.0 Å². The van der Waals surface area contributed by atoms with Gasteiger partial charge in [-0.05, 0) is 42.8 Å². The van der Waals surface area contributed by atoms with E-state index in [1.807, 2.05) is 36.4 Å². The first-order valence-electron chi connectivity index (χ1n) is 13.0. The summed E-state index contributed by atoms with van der Waals surface area (Å²) in [5, 5.41) is 4.98. The Morgan fingerprint density at radius 1 is 0.857 bits per heavy atom. The maximum Gasteiger partial charge on any atom is 0.416 e. The van der Waals surface area contributed by atoms with Gasteiger partial charge in [0, 0.05) is 22.4 Å². The Morgan fingerprint density at radius 3 is 2.19 bits per heavy atom. The van der Waals surface area contributed by atoms with Gasteiger partial charge in [-0.3, -0.25) is 9.59 Å². The number of aryl methyl sites for hydroxylation is 1. The molecule has 0 radical (unpaired) electrons. The number of hydrogen-bond acceptors (Lipinski definition) is 4. The van der Waals surface area contributed by atoms with E-state index < -0.39 is 29.8 Å². The van der Waals surface area contributed by atoms with Gasteiger partial charge < -0.3 is 15.5 Å². The lowest BCUT2D eigenvalue weighted by molar-refractivity contribution is -0.137. The number of benzodiazepines with no additional fused rings is 1. The molecule has 10 heteroatoms. The van der Waals surface area contributed by atoms with E-state index >= 15 is 0 Å². The molecule has 0 saturated heterocycles. The average molecular weight is 571 g/mol. The summed E-state index contributed by atoms with van der Waals surface area (Å²) < 4.78 is 38.8. The number of carbonyl (C=O) groups excluding carboxylic acids is 3. The average Bonchev–Trinajstić information content (AvgIpc) is 3.08. The number of anilines is 2. The maximum absolute atomic E-state index is 14.0. The highest BCUT2D eigenvalue weighted by atomic mass is 19.4. The lowest BCUT2D eigenvalue weighted by Gasteiger charge is -2.25. The monoisotopic (exact) mass is 570 g/mol. The van der Waals surface area contributed by atoms with Crippen molar-refractivity contribution in [1.29, 1.82) is 0 Å². The Balaban J connectivity index is 1.50. The van der Waals surface area contributed by atoms with Crippen molar-refractivity contribution in [3.05, 3.63) is 131 Å². The molecule has 7 nitrogen and oxygen atoms in total. The summed E-state index contributed by atoms with van der Waals surface area (Å²) in [4.78, 5) is 46.3. The van der Waals surface area contributed by atoms with Gasteiger partial charge in [-0.1, -0.05) is 72.8 Å². The van der Waals surface area contributed by atoms with Gasteiger partial charge in [-0.25, -0.2) is 9.79 Å². The van der Waals surface area contributed by atoms with E-state index in [9.17, 15) is 27.6 Å². The van der Waals surface area contributed by atoms with Crippen molar-refractivity contribution in [2.75, 3.05) is 16.8 Å². The number of halogens is 3. The molecule has 1 heterocycles. The molecule has 1 aliphatic rings. The first-order valence-corrected chi connectivity index (χ1v) is 13.0. The molecule has 1 unspecified atom stereocenters. The van der Waals surface area contributed by atoms with Crippen molar-refractivity contribution in [3.8, 4) is 0 Å². The molecule has 0 fully saturated rings. The maximum atomic E-state index is 14.0. The lowest BCUT2D eigenvalue weighted by Crippen LogP contribution is -2.50. The second-order valence-electron chi connectivity index (χ2n) is 9.60. The van der Waals surface area contributed by atoms with Crippen LogP contribution in [0.2, 0.25) is 0 Å². The number of nitrogens with one attached hydrogen (secondary N) is 2. The zero-order valence-corrected chi connectivity index (χ0v) is 22.4. The van der Waals surface area contributed by atoms with Crippen molar-refractivity contribution >= 4 is 34.8 Å². The molecular weight excluding hydrogens is 545 g/mol. The minimum Gasteiger partial charge on any atom is -0.308 e. The van der Waals surface area contributed by atoms with Crippen molar-refractivity contribution < 1.29 is 27.6 Å². The predicted molar refractivity (Wildman–Crippen MR) is 154 cm³/mol. The molecule has 1 atom stereocenters. The summed E-state index contributed by atoms with van der Waals surface area (Å²) in [6.07, 6.45) is -5.98. The number of ketones is 1. The number of amides is 3. The lowest BCUT2D eigenvalue weighted by atomic mass is 9.99. The van der Waals surface area contributed by atoms with Gasteiger partial charge in [0.2, 0.25) is 6.17 Å². The van der Waals surface area contributed by atoms with E-state index in [1.54, 1.807) is 49.4 Å². The Morgan fingerprint density at radius 2 is 1.50 bits per heavy atom. The number of alkyl halides is 3. The van der Waals surface area contributed by atoms with Gasteiger partial charge in [-0.2, -0.15) is 13.2 Å². The smallest absolute Gasteiger partial charge is 0.308 e. The Hall–Kier alpha value is -5.25. The van der Waals surface area contributed by atoms with Crippen LogP contribution in [0, 0.1) is 6.92 Å². The number of hydrogen-bond donors (Lipinski definition) is 2. The molecule has 212 valence electrons. The van der Waals surface area contributed by atoms with E-state index in [4.69, 9.17) is 0 Å². The van der Waals surface area contributed by atoms with Crippen LogP contribution in [0.5, 0.6) is 0 Å². The summed E-state index contributed by atoms with van der Waals surface area (Å²) in [5.41, 5.74) is 2.57. The molecule has 4 aromatic rings. The standard InChI is InChI=1S/C32H25F3N4O3/c1-20-9-5-6-12-24(20)27(40)19-39-26-14-8-7-13-25(26)28(21-10-3-2-4-11-21)37-29(30(39)41)38-31(42)36-23-17-15-22(16-18-23)32(33,34)35/h2-18,29H,19H2,1H3,(H2,36,38,42). The quantitative estimate of drug-likeness (QED) is 0.270. The second-order valence-corrected chi connectivity index (χ2v) is 9.60. The van der Waals surface area contributed by atoms with Crippen LogP contribution >= 0.6 is 0 Å². The third-order valence-electron chi connectivity index (χ3n) is 6.74. The molecular formula is C32H25F3N4O3. The van der Waals surface area contributed by atoms with Crippen LogP contribution in [0.3, 0.4) is 0 Å². The molecule has 3 amide bonds. The number of fused-ring (bicyclic) bond motifs is 1. The van der Waals surface area contributed by atoms with Crippen molar-refractivity contribution in [2.45, 2.75) is 19.3 Å². The third-order valence-corrected chi connectivity index (χ3v) is 6.74. The van der Waals surface area contributed by atoms with Crippen LogP contribution in [0.1, 0.15) is 32.6 Å². The van der Waals surface area contributed by atoms with E-state index in [1.165, 1.54) is 4.90 Å². The van der Waals surface area contributed by atoms with Crippen LogP contribution in [-0.4, -0.2) is 36.1 Å². The zero-order chi connectivity index (χ0) is 29.9. The van der Waals surface area contributed by atoms with Crippen LogP contribution < -0.4 is 15.5 Å². The van der Waals surface area contributed by atoms with Crippen molar-refractivity contribution in [3.63, 3.8) is 0 Å². The Kier molecular flexibility index (Phi) is 7.88. The number of nitrogens with zero attached hydrogens (tertiary/aromatic N) is 2. The number of carbonyl (C=O) groups is 3. The fourth-order valence-corrected chi connectivity index (χ4v) is 4.66. The predicted octanol–water partition coefficient (Wildman–Crippen LogP) is 6.23. The number of urea groups is 1. The highest BCUT2D eigenvalue weighted by molar-refractivity contribution is 6.21. The second kappa shape index (κ2) is 11.7. The molecule has 4 aromatic carbocycles. The van der Waals surface area contributed by atoms with Gasteiger partial charge in [0.05, 0.1) is 23.5 Å². The highest BCUT2D eigenvalue weighted by Gasteiger charge is 2.35. The summed E-state index contributed by atoms with van der Waals surface area (Å²) in [6.45, 7) is 1.50. The summed E-state index contributed by atoms with van der Waals surface area (Å²) >= 11 is 0. The van der Waals surface area contributed by atoms with E-state index in [2.05, 4.69) is 15.6 Å². The largest absolute Gasteiger partial charge is 0.416 e. The van der Waals surface area contributed by atoms with E-state index in [-0.39, 0.29) is 18.0 Å². The van der Waals surface area contributed by atoms with Gasteiger partial charge in [0.25, 0.3) is 5.91 Å². The minimum atomic E-state index is -4.52. The third kappa shape index (κ3) is 6.07. The fourth-order valence-electron chi connectivity index (χ4n) is 4.66. The molecule has 0 saturated carbocycles. The molecule has 0 bridgehead atoms. The molecule has 1 aliphatic heterocycles. The SMILES string of the molecule is Cc1ccccc1C(=O)CN1C(=O)C(NC(=O)Nc2ccc(C(F)(F)F)cc2)N=C(c2ccccc2)c2ccccc21. The normalized spacial score (nSPS) is 14.9. The zero-order valence-electron chi connectivity index (χ0n) is 22.4. The number of para-hydroxylation sites is 1. The number of rotatable bonds is 6. The van der Waals surface area contributed by atoms with Gasteiger partial charge in [-0.15, -0.1) is 0 Å². The van der Waals surface area contributed by atoms with Crippen LogP contribution in [0.4, 0.5) is 29.3 Å². The topological polar surface area (TPSA) is 90.9 Å². The molecule has 0 aliphatic carbocycles. The first-order chi connectivity index (χ1) is 20.1. The molecule has 5 rings (SSSR count). The Bertz CT molecular complexity index is 1670. The molecule has 42 heavy (non-hydrogen) atoms. The van der Waals surface area contributed by atoms with Crippen LogP contribution in [0.25, 0.3) is 0 Å². The number of Topliss-reactive ketones (excluding diaryl/α,β-unsaturated/α-hetero) is 1. The van der Waals surface area contributed by atoms with E-state index in [0.717, 1.165) is 29.8 Å². The van der Waals surface area contributed by atoms with Crippen molar-refractivity contribution in [2.24, 2.45) is 4.99 Å². The summed E-state index contributed by atoms with van der Waals surface area (Å²) in [6, 6.07) is 26.2. The summed E-state index contributed by atoms with van der Waals surface area (Å²) in [5.74, 6) is -0.953. The summed E-state index contributed by atoms with van der Waals surface area (Å²) in [7, 11) is 0. The molecule has 0 aromatic heterocycles. The first kappa shape index (κ1) is 28.3. The fraction of sp³-hybridized carbons (Fsp3) is 0.125. The Labute approximate surface area is 239 Å². The van der Waals surface area contributed by atoms with Gasteiger partial charge in [0.1, 0.15) is 0 Å². The van der Waals surface area contributed by atoms with Crippen molar-refractivity contribution in [1.82, 2.24) is 5.32 Å². The minimum absolute atomic E-state index is 0.0868. The van der Waals surface area contributed by atoms with Crippen LogP contribution in [0.15, 0.2) is 108 Å². The molecule has 0 spiro atoms. The number of aliphatic imine (C=N–C) groups is 1. The molecule has 2 N–H and O–H groups in total.